The predicted molar refractivity (Wildman–Crippen MR) is 89.2 cm³/mol. The summed E-state index contributed by atoms with van der Waals surface area (Å²) in [5.74, 6) is 0.393. The van der Waals surface area contributed by atoms with Crippen molar-refractivity contribution in [2.45, 2.75) is 57.4 Å². The van der Waals surface area contributed by atoms with Gasteiger partial charge in [0, 0.05) is 17.6 Å². The Bertz CT molecular complexity index is 631. The Morgan fingerprint density at radius 2 is 2.05 bits per heavy atom. The van der Waals surface area contributed by atoms with Crippen LogP contribution < -0.4 is 4.74 Å². The maximum Gasteiger partial charge on any atom is 0.247 e. The molecule has 124 valence electrons. The molecular weight excluding hydrogens is 322 g/mol. The van der Waals surface area contributed by atoms with E-state index in [9.17, 15) is 8.42 Å². The fraction of sp³-hybridized carbons (Fsp3) is 0.625. The summed E-state index contributed by atoms with van der Waals surface area (Å²) in [7, 11) is -3.59. The second kappa shape index (κ2) is 7.20. The highest BCUT2D eigenvalue weighted by Crippen LogP contribution is 2.35. The molecule has 1 atom stereocenters. The minimum absolute atomic E-state index is 0.0632. The van der Waals surface area contributed by atoms with Crippen LogP contribution in [-0.4, -0.2) is 31.9 Å². The summed E-state index contributed by atoms with van der Waals surface area (Å²) in [5, 5.41) is 0.451. The van der Waals surface area contributed by atoms with Crippen LogP contribution in [0, 0.1) is 6.92 Å². The fourth-order valence-corrected chi connectivity index (χ4v) is 5.07. The molecule has 1 heterocycles. The first-order valence-corrected chi connectivity index (χ1v) is 9.68. The van der Waals surface area contributed by atoms with Gasteiger partial charge in [0.2, 0.25) is 10.0 Å². The van der Waals surface area contributed by atoms with Crippen molar-refractivity contribution in [2.75, 3.05) is 13.2 Å². The molecule has 1 fully saturated rings. The van der Waals surface area contributed by atoms with Gasteiger partial charge >= 0.3 is 0 Å². The first-order chi connectivity index (χ1) is 10.4. The van der Waals surface area contributed by atoms with Gasteiger partial charge in [-0.05, 0) is 50.8 Å². The van der Waals surface area contributed by atoms with Gasteiger partial charge in [0.15, 0.2) is 0 Å². The Hall–Kier alpha value is -0.780. The Kier molecular flexibility index (Phi) is 5.75. The van der Waals surface area contributed by atoms with Crippen molar-refractivity contribution >= 4 is 21.6 Å². The number of hydrogen-bond acceptors (Lipinski definition) is 3. The van der Waals surface area contributed by atoms with E-state index in [-0.39, 0.29) is 10.9 Å². The Balaban J connectivity index is 2.50. The first-order valence-electron chi connectivity index (χ1n) is 7.86. The summed E-state index contributed by atoms with van der Waals surface area (Å²) in [4.78, 5) is 0.185. The lowest BCUT2D eigenvalue weighted by molar-refractivity contribution is 0.245. The highest BCUT2D eigenvalue weighted by Gasteiger charge is 2.34. The first kappa shape index (κ1) is 17.6. The maximum atomic E-state index is 13.1. The molecule has 0 aromatic heterocycles. The highest BCUT2D eigenvalue weighted by molar-refractivity contribution is 7.89. The molecular formula is C16H24ClNO3S. The molecule has 6 heteroatoms. The van der Waals surface area contributed by atoms with Crippen LogP contribution in [0.3, 0.4) is 0 Å². The summed E-state index contributed by atoms with van der Waals surface area (Å²) in [6.45, 7) is 6.70. The van der Waals surface area contributed by atoms with Gasteiger partial charge in [-0.3, -0.25) is 0 Å². The van der Waals surface area contributed by atoms with E-state index in [0.717, 1.165) is 31.2 Å². The number of halogens is 1. The fourth-order valence-electron chi connectivity index (χ4n) is 2.93. The number of nitrogens with zero attached hydrogens (tertiary/aromatic N) is 1. The zero-order valence-corrected chi connectivity index (χ0v) is 15.0. The van der Waals surface area contributed by atoms with Crippen molar-refractivity contribution in [1.29, 1.82) is 0 Å². The lowest BCUT2D eigenvalue weighted by Crippen LogP contribution is -2.43. The Morgan fingerprint density at radius 3 is 2.68 bits per heavy atom. The average Bonchev–Trinajstić information content (AvgIpc) is 2.50. The van der Waals surface area contributed by atoms with Crippen molar-refractivity contribution in [2.24, 2.45) is 0 Å². The summed E-state index contributed by atoms with van der Waals surface area (Å²) >= 11 is 6.16. The van der Waals surface area contributed by atoms with Gasteiger partial charge in [0.25, 0.3) is 0 Å². The number of piperidine rings is 1. The molecule has 0 spiro atoms. The molecule has 2 rings (SSSR count). The van der Waals surface area contributed by atoms with Gasteiger partial charge in [-0.2, -0.15) is 4.31 Å². The van der Waals surface area contributed by atoms with Gasteiger partial charge in [-0.25, -0.2) is 8.42 Å². The Morgan fingerprint density at radius 1 is 1.32 bits per heavy atom. The van der Waals surface area contributed by atoms with E-state index in [1.807, 2.05) is 20.8 Å². The van der Waals surface area contributed by atoms with E-state index < -0.39 is 10.0 Å². The largest absolute Gasteiger partial charge is 0.492 e. The predicted octanol–water partition coefficient (Wildman–Crippen LogP) is 4.00. The molecule has 1 aromatic rings. The third-order valence-corrected chi connectivity index (χ3v) is 6.54. The molecule has 0 aliphatic carbocycles. The Labute approximate surface area is 138 Å². The summed E-state index contributed by atoms with van der Waals surface area (Å²) in [6, 6.07) is 3.30. The van der Waals surface area contributed by atoms with Gasteiger partial charge in [0.05, 0.1) is 6.61 Å². The standard InChI is InChI=1S/C16H24ClNO3S/c1-4-13-8-6-7-9-18(13)22(19,20)16-11-14(17)12(3)10-15(16)21-5-2/h10-11,13H,4-9H2,1-3H3/t13-/m1/s1. The van der Waals surface area contributed by atoms with Crippen LogP contribution in [0.1, 0.15) is 45.1 Å². The van der Waals surface area contributed by atoms with Gasteiger partial charge in [-0.1, -0.05) is 24.9 Å². The van der Waals surface area contributed by atoms with Crippen molar-refractivity contribution in [3.05, 3.63) is 22.7 Å². The molecule has 0 saturated carbocycles. The SMILES string of the molecule is CCOc1cc(C)c(Cl)cc1S(=O)(=O)N1CCCC[C@H]1CC. The maximum absolute atomic E-state index is 13.1. The topological polar surface area (TPSA) is 46.6 Å². The number of hydrogen-bond donors (Lipinski definition) is 0. The van der Waals surface area contributed by atoms with Crippen LogP contribution >= 0.6 is 11.6 Å². The van der Waals surface area contributed by atoms with E-state index in [0.29, 0.717) is 23.9 Å². The number of sulfonamides is 1. The van der Waals surface area contributed by atoms with Crippen LogP contribution in [0.2, 0.25) is 5.02 Å². The van der Waals surface area contributed by atoms with Gasteiger partial charge in [0.1, 0.15) is 10.6 Å². The van der Waals surface area contributed by atoms with Gasteiger partial charge < -0.3 is 4.74 Å². The number of rotatable bonds is 5. The molecule has 1 saturated heterocycles. The van der Waals surface area contributed by atoms with E-state index in [2.05, 4.69) is 0 Å². The monoisotopic (exact) mass is 345 g/mol. The third kappa shape index (κ3) is 3.42. The number of benzene rings is 1. The van der Waals surface area contributed by atoms with Crippen LogP contribution in [0.4, 0.5) is 0 Å². The second-order valence-electron chi connectivity index (χ2n) is 5.65. The highest BCUT2D eigenvalue weighted by atomic mass is 35.5. The summed E-state index contributed by atoms with van der Waals surface area (Å²) in [6.07, 6.45) is 3.72. The molecule has 1 aromatic carbocycles. The molecule has 0 amide bonds. The van der Waals surface area contributed by atoms with Crippen LogP contribution in [0.5, 0.6) is 5.75 Å². The smallest absolute Gasteiger partial charge is 0.247 e. The van der Waals surface area contributed by atoms with Crippen LogP contribution in [0.15, 0.2) is 17.0 Å². The molecule has 1 aliphatic rings. The van der Waals surface area contributed by atoms with E-state index in [1.54, 1.807) is 10.4 Å². The summed E-state index contributed by atoms with van der Waals surface area (Å²) < 4.78 is 33.4. The van der Waals surface area contributed by atoms with Crippen molar-refractivity contribution in [3.8, 4) is 5.75 Å². The van der Waals surface area contributed by atoms with Gasteiger partial charge in [-0.15, -0.1) is 0 Å². The minimum Gasteiger partial charge on any atom is -0.492 e. The zero-order chi connectivity index (χ0) is 16.3. The zero-order valence-electron chi connectivity index (χ0n) is 13.4. The molecule has 1 aliphatic heterocycles. The molecule has 0 radical (unpaired) electrons. The van der Waals surface area contributed by atoms with Crippen LogP contribution in [-0.2, 0) is 10.0 Å². The molecule has 4 nitrogen and oxygen atoms in total. The lowest BCUT2D eigenvalue weighted by Gasteiger charge is -2.34. The van der Waals surface area contributed by atoms with E-state index >= 15 is 0 Å². The van der Waals surface area contributed by atoms with Crippen molar-refractivity contribution < 1.29 is 13.2 Å². The average molecular weight is 346 g/mol. The van der Waals surface area contributed by atoms with E-state index in [1.165, 1.54) is 6.07 Å². The lowest BCUT2D eigenvalue weighted by atomic mass is 10.0. The minimum atomic E-state index is -3.59. The van der Waals surface area contributed by atoms with E-state index in [4.69, 9.17) is 16.3 Å². The normalized spacial score (nSPS) is 20.1. The second-order valence-corrected chi connectivity index (χ2v) is 7.92. The number of ether oxygens (including phenoxy) is 1. The molecule has 0 unspecified atom stereocenters. The van der Waals surface area contributed by atoms with Crippen molar-refractivity contribution in [1.82, 2.24) is 4.31 Å². The van der Waals surface area contributed by atoms with Crippen LogP contribution in [0.25, 0.3) is 0 Å². The van der Waals surface area contributed by atoms with Crippen molar-refractivity contribution in [3.63, 3.8) is 0 Å². The molecule has 0 N–H and O–H groups in total. The molecule has 22 heavy (non-hydrogen) atoms. The quantitative estimate of drug-likeness (QED) is 0.810. The number of aryl methyl sites for hydroxylation is 1. The molecule has 0 bridgehead atoms. The summed E-state index contributed by atoms with van der Waals surface area (Å²) in [5.41, 5.74) is 0.815. The third-order valence-electron chi connectivity index (χ3n) is 4.16.